The molecule has 0 aliphatic carbocycles. The summed E-state index contributed by atoms with van der Waals surface area (Å²) in [6.07, 6.45) is 2.80. The Morgan fingerprint density at radius 3 is 3.00 bits per heavy atom. The van der Waals surface area contributed by atoms with E-state index in [1.807, 2.05) is 24.3 Å². The van der Waals surface area contributed by atoms with E-state index < -0.39 is 0 Å². The first-order valence-corrected chi connectivity index (χ1v) is 6.94. The summed E-state index contributed by atoms with van der Waals surface area (Å²) in [5.74, 6) is 0.641. The quantitative estimate of drug-likeness (QED) is 0.803. The molecule has 1 unspecified atom stereocenters. The SMILES string of the molecule is CN1CCCC(CNC(=O)Cc2ccccc2N)C1. The van der Waals surface area contributed by atoms with Crippen LogP contribution in [0.4, 0.5) is 5.69 Å². The lowest BCUT2D eigenvalue weighted by molar-refractivity contribution is -0.120. The Kier molecular flexibility index (Phi) is 4.80. The predicted octanol–water partition coefficient (Wildman–Crippen LogP) is 1.27. The fraction of sp³-hybridized carbons (Fsp3) is 0.533. The van der Waals surface area contributed by atoms with Crippen molar-refractivity contribution in [3.63, 3.8) is 0 Å². The smallest absolute Gasteiger partial charge is 0.224 e. The molecule has 1 heterocycles. The van der Waals surface area contributed by atoms with Crippen molar-refractivity contribution < 1.29 is 4.79 Å². The molecule has 0 bridgehead atoms. The summed E-state index contributed by atoms with van der Waals surface area (Å²) in [7, 11) is 2.14. The van der Waals surface area contributed by atoms with Gasteiger partial charge in [0.15, 0.2) is 0 Å². The van der Waals surface area contributed by atoms with Gasteiger partial charge in [-0.2, -0.15) is 0 Å². The third-order valence-electron chi connectivity index (χ3n) is 3.72. The lowest BCUT2D eigenvalue weighted by atomic mass is 9.98. The highest BCUT2D eigenvalue weighted by atomic mass is 16.1. The van der Waals surface area contributed by atoms with E-state index in [-0.39, 0.29) is 5.91 Å². The van der Waals surface area contributed by atoms with Gasteiger partial charge in [-0.25, -0.2) is 0 Å². The second kappa shape index (κ2) is 6.57. The zero-order valence-corrected chi connectivity index (χ0v) is 11.6. The fourth-order valence-corrected chi connectivity index (χ4v) is 2.63. The number of hydrogen-bond acceptors (Lipinski definition) is 3. The Bertz CT molecular complexity index is 433. The van der Waals surface area contributed by atoms with Crippen LogP contribution in [0.15, 0.2) is 24.3 Å². The van der Waals surface area contributed by atoms with Gasteiger partial charge in [-0.05, 0) is 44.0 Å². The topological polar surface area (TPSA) is 58.4 Å². The molecule has 1 aliphatic heterocycles. The molecule has 1 atom stereocenters. The average molecular weight is 261 g/mol. The second-order valence-electron chi connectivity index (χ2n) is 5.45. The number of nitrogens with two attached hydrogens (primary N) is 1. The average Bonchev–Trinajstić information content (AvgIpc) is 2.39. The third kappa shape index (κ3) is 4.24. The molecule has 1 amide bonds. The first kappa shape index (κ1) is 13.9. The Hall–Kier alpha value is -1.55. The Labute approximate surface area is 115 Å². The highest BCUT2D eigenvalue weighted by molar-refractivity contribution is 5.80. The molecule has 104 valence electrons. The summed E-state index contributed by atoms with van der Waals surface area (Å²) in [4.78, 5) is 14.2. The molecule has 0 radical (unpaired) electrons. The number of carbonyl (C=O) groups is 1. The molecule has 1 aromatic carbocycles. The van der Waals surface area contributed by atoms with Gasteiger partial charge in [-0.3, -0.25) is 4.79 Å². The van der Waals surface area contributed by atoms with Gasteiger partial charge in [0.1, 0.15) is 0 Å². The number of benzene rings is 1. The maximum atomic E-state index is 11.9. The number of hydrogen-bond donors (Lipinski definition) is 2. The molecular formula is C15H23N3O. The van der Waals surface area contributed by atoms with Crippen LogP contribution in [-0.4, -0.2) is 37.5 Å². The van der Waals surface area contributed by atoms with Crippen LogP contribution in [0.5, 0.6) is 0 Å². The van der Waals surface area contributed by atoms with Gasteiger partial charge in [0, 0.05) is 18.8 Å². The lowest BCUT2D eigenvalue weighted by Crippen LogP contribution is -2.39. The normalized spacial score (nSPS) is 20.2. The molecular weight excluding hydrogens is 238 g/mol. The molecule has 0 spiro atoms. The van der Waals surface area contributed by atoms with E-state index >= 15 is 0 Å². The van der Waals surface area contributed by atoms with E-state index in [4.69, 9.17) is 5.73 Å². The van der Waals surface area contributed by atoms with Gasteiger partial charge in [0.05, 0.1) is 6.42 Å². The molecule has 19 heavy (non-hydrogen) atoms. The number of nitrogens with zero attached hydrogens (tertiary/aromatic N) is 1. The first-order chi connectivity index (χ1) is 9.15. The van der Waals surface area contributed by atoms with Crippen molar-refractivity contribution in [2.24, 2.45) is 5.92 Å². The van der Waals surface area contributed by atoms with E-state index in [0.717, 1.165) is 18.7 Å². The van der Waals surface area contributed by atoms with E-state index in [1.54, 1.807) is 0 Å². The Morgan fingerprint density at radius 2 is 2.26 bits per heavy atom. The Morgan fingerprint density at radius 1 is 1.47 bits per heavy atom. The Balaban J connectivity index is 1.77. The maximum Gasteiger partial charge on any atom is 0.224 e. The van der Waals surface area contributed by atoms with Crippen LogP contribution in [0.3, 0.4) is 0 Å². The van der Waals surface area contributed by atoms with E-state index in [0.29, 0.717) is 18.0 Å². The van der Waals surface area contributed by atoms with Gasteiger partial charge in [0.2, 0.25) is 5.91 Å². The van der Waals surface area contributed by atoms with Crippen molar-refractivity contribution >= 4 is 11.6 Å². The van der Waals surface area contributed by atoms with Crippen LogP contribution in [0.25, 0.3) is 0 Å². The number of piperidine rings is 1. The highest BCUT2D eigenvalue weighted by Gasteiger charge is 2.17. The van der Waals surface area contributed by atoms with E-state index in [2.05, 4.69) is 17.3 Å². The maximum absolute atomic E-state index is 11.9. The van der Waals surface area contributed by atoms with Crippen LogP contribution >= 0.6 is 0 Å². The summed E-state index contributed by atoms with van der Waals surface area (Å²) in [6, 6.07) is 7.53. The van der Waals surface area contributed by atoms with E-state index in [9.17, 15) is 4.79 Å². The van der Waals surface area contributed by atoms with Gasteiger partial charge >= 0.3 is 0 Å². The van der Waals surface area contributed by atoms with Crippen LogP contribution in [0.1, 0.15) is 18.4 Å². The lowest BCUT2D eigenvalue weighted by Gasteiger charge is -2.29. The van der Waals surface area contributed by atoms with Gasteiger partial charge in [-0.15, -0.1) is 0 Å². The number of likely N-dealkylation sites (tertiary alicyclic amines) is 1. The van der Waals surface area contributed by atoms with Crippen molar-refractivity contribution in [3.05, 3.63) is 29.8 Å². The summed E-state index contributed by atoms with van der Waals surface area (Å²) in [5, 5.41) is 3.03. The minimum Gasteiger partial charge on any atom is -0.398 e. The van der Waals surface area contributed by atoms with E-state index in [1.165, 1.54) is 19.4 Å². The van der Waals surface area contributed by atoms with Gasteiger partial charge in [-0.1, -0.05) is 18.2 Å². The number of para-hydroxylation sites is 1. The molecule has 1 aromatic rings. The number of anilines is 1. The third-order valence-corrected chi connectivity index (χ3v) is 3.72. The van der Waals surface area contributed by atoms with Crippen LogP contribution < -0.4 is 11.1 Å². The van der Waals surface area contributed by atoms with Crippen LogP contribution in [0.2, 0.25) is 0 Å². The molecule has 4 nitrogen and oxygen atoms in total. The number of nitrogens with one attached hydrogen (secondary N) is 1. The number of carbonyl (C=O) groups excluding carboxylic acids is 1. The van der Waals surface area contributed by atoms with Crippen molar-refractivity contribution in [1.29, 1.82) is 0 Å². The monoisotopic (exact) mass is 261 g/mol. The summed E-state index contributed by atoms with van der Waals surface area (Å²) in [5.41, 5.74) is 7.43. The van der Waals surface area contributed by atoms with Crippen molar-refractivity contribution in [2.75, 3.05) is 32.4 Å². The number of amides is 1. The van der Waals surface area contributed by atoms with Crippen LogP contribution in [-0.2, 0) is 11.2 Å². The first-order valence-electron chi connectivity index (χ1n) is 6.94. The second-order valence-corrected chi connectivity index (χ2v) is 5.45. The number of nitrogen functional groups attached to an aromatic ring is 1. The number of rotatable bonds is 4. The predicted molar refractivity (Wildman–Crippen MR) is 77.8 cm³/mol. The summed E-state index contributed by atoms with van der Waals surface area (Å²) >= 11 is 0. The molecule has 2 rings (SSSR count). The molecule has 0 saturated carbocycles. The molecule has 1 saturated heterocycles. The largest absolute Gasteiger partial charge is 0.398 e. The molecule has 3 N–H and O–H groups in total. The molecule has 4 heteroatoms. The van der Waals surface area contributed by atoms with Crippen molar-refractivity contribution in [3.8, 4) is 0 Å². The van der Waals surface area contributed by atoms with Crippen molar-refractivity contribution in [1.82, 2.24) is 10.2 Å². The fourth-order valence-electron chi connectivity index (χ4n) is 2.63. The van der Waals surface area contributed by atoms with Crippen molar-refractivity contribution in [2.45, 2.75) is 19.3 Å². The van der Waals surface area contributed by atoms with Crippen LogP contribution in [0, 0.1) is 5.92 Å². The summed E-state index contributed by atoms with van der Waals surface area (Å²) in [6.45, 7) is 3.02. The molecule has 1 fully saturated rings. The zero-order valence-electron chi connectivity index (χ0n) is 11.6. The van der Waals surface area contributed by atoms with Gasteiger partial charge in [0.25, 0.3) is 0 Å². The minimum atomic E-state index is 0.0612. The summed E-state index contributed by atoms with van der Waals surface area (Å²) < 4.78 is 0. The molecule has 0 aromatic heterocycles. The highest BCUT2D eigenvalue weighted by Crippen LogP contribution is 2.14. The van der Waals surface area contributed by atoms with Gasteiger partial charge < -0.3 is 16.0 Å². The standard InChI is InChI=1S/C15H23N3O/c1-18-8-4-5-12(11-18)10-17-15(19)9-13-6-2-3-7-14(13)16/h2-3,6-7,12H,4-5,8-11,16H2,1H3,(H,17,19). The zero-order chi connectivity index (χ0) is 13.7. The molecule has 1 aliphatic rings. The minimum absolute atomic E-state index is 0.0612.